The maximum atomic E-state index is 11.4. The second-order valence-electron chi connectivity index (χ2n) is 1.56. The summed E-state index contributed by atoms with van der Waals surface area (Å²) in [4.78, 5) is 19.2. The van der Waals surface area contributed by atoms with E-state index in [0.29, 0.717) is 0 Å². The molecule has 0 aromatic carbocycles. The zero-order valence-electron chi connectivity index (χ0n) is 5.46. The Morgan fingerprint density at radius 1 is 1.15 bits per heavy atom. The summed E-state index contributed by atoms with van der Waals surface area (Å²) in [5, 5.41) is -3.18. The number of carbonyl (C=O) groups is 2. The number of alkyl halides is 3. The van der Waals surface area contributed by atoms with E-state index in [1.165, 1.54) is 0 Å². The largest absolute Gasteiger partial charge is 0.492 e. The van der Waals surface area contributed by atoms with Crippen LogP contribution in [0.5, 0.6) is 0 Å². The van der Waals surface area contributed by atoms with Gasteiger partial charge in [0, 0.05) is 0 Å². The molecule has 0 amide bonds. The number of hydrogen-bond donors (Lipinski definition) is 0. The van der Waals surface area contributed by atoms with Crippen LogP contribution in [0.3, 0.4) is 0 Å². The van der Waals surface area contributed by atoms with Crippen molar-refractivity contribution < 1.29 is 39.8 Å². The monoisotopic (exact) mass is 224 g/mol. The number of halogens is 4. The van der Waals surface area contributed by atoms with Crippen molar-refractivity contribution >= 4 is 21.5 Å². The van der Waals surface area contributed by atoms with E-state index in [9.17, 15) is 35.6 Å². The van der Waals surface area contributed by atoms with Crippen molar-refractivity contribution in [3.8, 4) is 0 Å². The predicted molar refractivity (Wildman–Crippen MR) is 27.6 cm³/mol. The highest BCUT2D eigenvalue weighted by Gasteiger charge is 2.45. The van der Waals surface area contributed by atoms with Crippen LogP contribution in [0.1, 0.15) is 0 Å². The quantitative estimate of drug-likeness (QED) is 0.340. The number of carbonyl (C=O) groups excluding carboxylic acids is 2. The molecule has 0 heterocycles. The van der Waals surface area contributed by atoms with Crippen molar-refractivity contribution in [2.45, 2.75) is 6.18 Å². The first-order valence-corrected chi connectivity index (χ1v) is 3.73. The van der Waals surface area contributed by atoms with E-state index >= 15 is 0 Å². The zero-order valence-corrected chi connectivity index (χ0v) is 6.28. The minimum atomic E-state index is -5.76. The fourth-order valence-corrected chi connectivity index (χ4v) is 0.539. The van der Waals surface area contributed by atoms with Crippen molar-refractivity contribution in [2.75, 3.05) is 0 Å². The lowest BCUT2D eigenvalue weighted by molar-refractivity contribution is -0.189. The smallest absolute Gasteiger partial charge is 0.330 e. The summed E-state index contributed by atoms with van der Waals surface area (Å²) in [7, 11) is -5.76. The Labute approximate surface area is 68.4 Å². The lowest BCUT2D eigenvalue weighted by Crippen LogP contribution is -2.29. The third-order valence-corrected chi connectivity index (χ3v) is 1.38. The van der Waals surface area contributed by atoms with Gasteiger partial charge in [-0.1, -0.05) is 0 Å². The summed E-state index contributed by atoms with van der Waals surface area (Å²) in [5.74, 6) is -3.18. The van der Waals surface area contributed by atoms with Crippen LogP contribution in [0.2, 0.25) is 0 Å². The van der Waals surface area contributed by atoms with E-state index in [0.717, 1.165) is 0 Å². The minimum absolute atomic E-state index is 2.55. The average Bonchev–Trinajstić information content (AvgIpc) is 1.83. The van der Waals surface area contributed by atoms with Crippen LogP contribution in [0.4, 0.5) is 22.4 Å². The van der Waals surface area contributed by atoms with E-state index in [1.807, 2.05) is 0 Å². The van der Waals surface area contributed by atoms with Gasteiger partial charge in [-0.05, 0) is 0 Å². The Kier molecular flexibility index (Phi) is 2.98. The maximum Gasteiger partial charge on any atom is 0.492 e. The van der Waals surface area contributed by atoms with Gasteiger partial charge in [-0.25, -0.2) is 9.59 Å². The Hall–Kier alpha value is -1.19. The van der Waals surface area contributed by atoms with Gasteiger partial charge < -0.3 is 4.18 Å². The molecular weight excluding hydrogens is 224 g/mol. The fourth-order valence-electron chi connectivity index (χ4n) is 0.180. The molecule has 0 fully saturated rings. The molecule has 0 rings (SSSR count). The first-order chi connectivity index (χ1) is 5.57. The van der Waals surface area contributed by atoms with Gasteiger partial charge in [-0.2, -0.15) is 21.6 Å². The molecule has 0 bridgehead atoms. The van der Waals surface area contributed by atoms with Crippen LogP contribution in [-0.4, -0.2) is 25.9 Å². The highest BCUT2D eigenvalue weighted by Crippen LogP contribution is 2.18. The third kappa shape index (κ3) is 3.36. The molecule has 0 radical (unpaired) electrons. The van der Waals surface area contributed by atoms with Crippen LogP contribution >= 0.6 is 0 Å². The van der Waals surface area contributed by atoms with Gasteiger partial charge in [-0.3, -0.25) is 0 Å². The minimum Gasteiger partial charge on any atom is -0.330 e. The molecule has 0 aliphatic heterocycles. The van der Waals surface area contributed by atoms with Gasteiger partial charge >= 0.3 is 27.6 Å². The topological polar surface area (TPSA) is 77.5 Å². The standard InChI is InChI=1S/C3F4O5S/c4-2(9)13(10,11)12-1(8)3(5,6)7. The number of rotatable bonds is 0. The van der Waals surface area contributed by atoms with Crippen LogP contribution < -0.4 is 0 Å². The Bertz CT molecular complexity index is 326. The molecule has 10 heteroatoms. The summed E-state index contributed by atoms with van der Waals surface area (Å²) < 4.78 is 67.6. The molecule has 0 saturated carbocycles. The Morgan fingerprint density at radius 2 is 1.54 bits per heavy atom. The molecule has 76 valence electrons. The molecule has 0 atom stereocenters. The second-order valence-corrected chi connectivity index (χ2v) is 2.96. The summed E-state index contributed by atoms with van der Waals surface area (Å²) >= 11 is 0. The van der Waals surface area contributed by atoms with E-state index in [1.54, 1.807) is 0 Å². The van der Waals surface area contributed by atoms with Crippen LogP contribution in [0.15, 0.2) is 0 Å². The van der Waals surface area contributed by atoms with Gasteiger partial charge in [0.1, 0.15) is 0 Å². The van der Waals surface area contributed by atoms with E-state index in [4.69, 9.17) is 0 Å². The van der Waals surface area contributed by atoms with E-state index in [2.05, 4.69) is 4.18 Å². The fraction of sp³-hybridized carbons (Fsp3) is 0.333. The predicted octanol–water partition coefficient (Wildman–Crippen LogP) is 0.511. The van der Waals surface area contributed by atoms with Gasteiger partial charge in [0.2, 0.25) is 0 Å². The second kappa shape index (κ2) is 3.28. The molecule has 0 saturated heterocycles. The van der Waals surface area contributed by atoms with Gasteiger partial charge in [0.15, 0.2) is 0 Å². The summed E-state index contributed by atoms with van der Waals surface area (Å²) in [6.07, 6.45) is -5.61. The SMILES string of the molecule is O=C(OS(=O)(=O)C(=O)F)C(F)(F)F. The summed E-state index contributed by atoms with van der Waals surface area (Å²) in [6, 6.07) is 0. The molecule has 13 heavy (non-hydrogen) atoms. The number of hydrogen-bond acceptors (Lipinski definition) is 5. The Morgan fingerprint density at radius 3 is 1.77 bits per heavy atom. The van der Waals surface area contributed by atoms with Crippen molar-refractivity contribution in [3.05, 3.63) is 0 Å². The molecule has 0 unspecified atom stereocenters. The molecule has 0 aromatic rings. The highest BCUT2D eigenvalue weighted by atomic mass is 32.2. The first kappa shape index (κ1) is 11.8. The van der Waals surface area contributed by atoms with Crippen LogP contribution in [0.25, 0.3) is 0 Å². The molecule has 0 spiro atoms. The normalized spacial score (nSPS) is 12.3. The van der Waals surface area contributed by atoms with Gasteiger partial charge in [0.05, 0.1) is 0 Å². The lowest BCUT2D eigenvalue weighted by Gasteiger charge is -2.03. The van der Waals surface area contributed by atoms with Gasteiger partial charge in [0.25, 0.3) is 0 Å². The van der Waals surface area contributed by atoms with Crippen molar-refractivity contribution in [2.24, 2.45) is 0 Å². The van der Waals surface area contributed by atoms with E-state index in [-0.39, 0.29) is 0 Å². The molecule has 5 nitrogen and oxygen atoms in total. The average molecular weight is 224 g/mol. The maximum absolute atomic E-state index is 11.4. The van der Waals surface area contributed by atoms with Crippen molar-refractivity contribution in [1.82, 2.24) is 0 Å². The van der Waals surface area contributed by atoms with Gasteiger partial charge in [-0.15, -0.1) is 4.39 Å². The van der Waals surface area contributed by atoms with Crippen molar-refractivity contribution in [3.63, 3.8) is 0 Å². The van der Waals surface area contributed by atoms with Crippen LogP contribution in [-0.2, 0) is 19.1 Å². The molecular formula is C3F4O5S. The third-order valence-electron chi connectivity index (χ3n) is 0.613. The van der Waals surface area contributed by atoms with Crippen molar-refractivity contribution in [1.29, 1.82) is 0 Å². The molecule has 0 aliphatic rings. The summed E-state index contributed by atoms with van der Waals surface area (Å²) in [6.45, 7) is 0. The first-order valence-electron chi connectivity index (χ1n) is 2.32. The summed E-state index contributed by atoms with van der Waals surface area (Å²) in [5.41, 5.74) is 0. The van der Waals surface area contributed by atoms with Crippen LogP contribution in [0, 0.1) is 0 Å². The Balaban J connectivity index is 4.68. The molecule has 0 N–H and O–H groups in total. The zero-order chi connectivity index (χ0) is 10.9. The van der Waals surface area contributed by atoms with E-state index < -0.39 is 27.6 Å². The molecule has 0 aromatic heterocycles. The lowest BCUT2D eigenvalue weighted by atomic mass is 10.7. The highest BCUT2D eigenvalue weighted by molar-refractivity contribution is 8.01. The molecule has 0 aliphatic carbocycles.